The molecule has 0 saturated carbocycles. The van der Waals surface area contributed by atoms with Gasteiger partial charge in [-0.2, -0.15) is 0 Å². The van der Waals surface area contributed by atoms with Crippen molar-refractivity contribution < 1.29 is 39.0 Å². The number of aromatic nitrogens is 1. The van der Waals surface area contributed by atoms with E-state index in [1.165, 1.54) is 0 Å². The molecule has 15 nitrogen and oxygen atoms in total. The molecule has 6 amide bonds. The molecule has 6 atom stereocenters. The number of carbonyl (C=O) groups excluding carboxylic acids is 4. The highest BCUT2D eigenvalue weighted by Crippen LogP contribution is 2.60. The molecule has 2 saturated heterocycles. The highest BCUT2D eigenvalue weighted by molar-refractivity contribution is 6.01. The lowest BCUT2D eigenvalue weighted by atomic mass is 9.56. The maximum absolute atomic E-state index is 15.0. The number of hydrogen-bond donors (Lipinski definition) is 6. The molecule has 0 spiro atoms. The Morgan fingerprint density at radius 3 is 1.29 bits per heavy atom. The second-order valence-corrected chi connectivity index (χ2v) is 19.9. The van der Waals surface area contributed by atoms with E-state index in [1.807, 2.05) is 76.2 Å². The van der Waals surface area contributed by atoms with E-state index in [0.29, 0.717) is 61.0 Å². The van der Waals surface area contributed by atoms with E-state index in [4.69, 9.17) is 11.5 Å². The fourth-order valence-corrected chi connectivity index (χ4v) is 12.7. The monoisotopic (exact) mass is 885 g/mol. The number of carboxylic acid groups (broad SMARTS) is 2. The molecule has 6 aliphatic rings. The number of imide groups is 2. The topological polar surface area (TPSA) is 230 Å². The maximum atomic E-state index is 15.0. The van der Waals surface area contributed by atoms with Crippen LogP contribution in [-0.4, -0.2) is 73.5 Å². The molecule has 10 rings (SSSR count). The lowest BCUT2D eigenvalue weighted by Crippen LogP contribution is -2.68. The van der Waals surface area contributed by atoms with Crippen LogP contribution in [0.2, 0.25) is 0 Å². The Hall–Kier alpha value is -6.32. The van der Waals surface area contributed by atoms with Gasteiger partial charge in [-0.1, -0.05) is 95.3 Å². The molecule has 4 aliphatic carbocycles. The lowest BCUT2D eigenvalue weighted by molar-refractivity contribution is -0.144. The number of nitrogens with one attached hydrogen (secondary N) is 2. The van der Waals surface area contributed by atoms with E-state index in [9.17, 15) is 39.0 Å². The summed E-state index contributed by atoms with van der Waals surface area (Å²) >= 11 is 0. The summed E-state index contributed by atoms with van der Waals surface area (Å²) in [6.07, 6.45) is -1.13. The molecular weight excluding hydrogens is 827 g/mol. The van der Waals surface area contributed by atoms with Crippen molar-refractivity contribution in [3.63, 3.8) is 0 Å². The zero-order chi connectivity index (χ0) is 47.2. The van der Waals surface area contributed by atoms with Crippen LogP contribution in [0.5, 0.6) is 0 Å². The van der Waals surface area contributed by atoms with Crippen molar-refractivity contribution in [2.24, 2.45) is 11.5 Å². The van der Waals surface area contributed by atoms with E-state index in [-0.39, 0.29) is 18.3 Å². The second kappa shape index (κ2) is 15.7. The molecule has 0 radical (unpaired) electrons. The predicted molar refractivity (Wildman–Crippen MR) is 242 cm³/mol. The number of amides is 6. The molecule has 8 N–H and O–H groups in total. The van der Waals surface area contributed by atoms with Gasteiger partial charge in [0.05, 0.1) is 12.1 Å². The number of benzene rings is 3. The smallest absolute Gasteiger partial charge is 0.411 e. The normalized spacial score (nSPS) is 27.2. The van der Waals surface area contributed by atoms with Crippen LogP contribution < -0.4 is 22.1 Å². The summed E-state index contributed by atoms with van der Waals surface area (Å²) in [5.41, 5.74) is 13.7. The first-order chi connectivity index (χ1) is 30.5. The van der Waals surface area contributed by atoms with E-state index in [2.05, 4.69) is 70.0 Å². The van der Waals surface area contributed by atoms with Gasteiger partial charge in [0.25, 0.3) is 11.8 Å². The summed E-state index contributed by atoms with van der Waals surface area (Å²) in [5.74, 6) is -2.85. The Morgan fingerprint density at radius 2 is 0.969 bits per heavy atom. The minimum absolute atomic E-state index is 0.173. The third-order valence-corrected chi connectivity index (χ3v) is 15.4. The first-order valence-corrected chi connectivity index (χ1v) is 22.3. The average molecular weight is 886 g/mol. The second-order valence-electron chi connectivity index (χ2n) is 19.9. The summed E-state index contributed by atoms with van der Waals surface area (Å²) in [6.45, 7) is 14.9. The quantitative estimate of drug-likeness (QED) is 0.0979. The van der Waals surface area contributed by atoms with Crippen molar-refractivity contribution in [3.8, 4) is 5.69 Å². The first kappa shape index (κ1) is 45.3. The zero-order valence-corrected chi connectivity index (χ0v) is 38.1. The van der Waals surface area contributed by atoms with Gasteiger partial charge in [-0.05, 0) is 96.0 Å². The summed E-state index contributed by atoms with van der Waals surface area (Å²) in [6, 6.07) is 22.0. The number of fused-ring (bicyclic) bond motifs is 6. The van der Waals surface area contributed by atoms with Gasteiger partial charge < -0.3 is 26.2 Å². The Bertz CT molecular complexity index is 2480. The van der Waals surface area contributed by atoms with Crippen LogP contribution in [0, 0.1) is 13.8 Å². The molecule has 65 heavy (non-hydrogen) atoms. The molecule has 4 aromatic rings. The molecule has 3 aromatic carbocycles. The van der Waals surface area contributed by atoms with E-state index >= 15 is 0 Å². The molecule has 2 aliphatic heterocycles. The Balaban J connectivity index is 1.41. The van der Waals surface area contributed by atoms with Gasteiger partial charge in [-0.3, -0.25) is 39.6 Å². The average Bonchev–Trinajstić information content (AvgIpc) is 3.96. The van der Waals surface area contributed by atoms with Crippen molar-refractivity contribution in [1.82, 2.24) is 25.0 Å². The van der Waals surface area contributed by atoms with Crippen LogP contribution in [0.1, 0.15) is 136 Å². The summed E-state index contributed by atoms with van der Waals surface area (Å²) in [5, 5.41) is 24.6. The molecular formula is C50H59N7O8. The van der Waals surface area contributed by atoms with E-state index in [0.717, 1.165) is 33.8 Å². The fourth-order valence-electron chi connectivity index (χ4n) is 12.7. The number of carbonyl (C=O) groups is 6. The van der Waals surface area contributed by atoms with Gasteiger partial charge in [0.1, 0.15) is 11.1 Å². The van der Waals surface area contributed by atoms with Crippen molar-refractivity contribution in [2.45, 2.75) is 126 Å². The number of hydrogen-bond acceptors (Lipinski definition) is 8. The molecule has 342 valence electrons. The maximum Gasteiger partial charge on any atom is 0.411 e. The van der Waals surface area contributed by atoms with Gasteiger partial charge in [0.2, 0.25) is 11.8 Å². The molecule has 4 bridgehead atoms. The molecule has 2 fully saturated rings. The zero-order valence-electron chi connectivity index (χ0n) is 38.1. The number of primary amides is 2. The number of nitrogens with zero attached hydrogens (tertiary/aromatic N) is 3. The van der Waals surface area contributed by atoms with Gasteiger partial charge in [0.15, 0.2) is 0 Å². The number of likely N-dealkylation sites (tertiary alicyclic amines) is 2. The highest BCUT2D eigenvalue weighted by Gasteiger charge is 2.66. The predicted octanol–water partition coefficient (Wildman–Crippen LogP) is 6.34. The summed E-state index contributed by atoms with van der Waals surface area (Å²) in [4.78, 5) is 85.1. The van der Waals surface area contributed by atoms with Crippen molar-refractivity contribution in [1.29, 1.82) is 0 Å². The van der Waals surface area contributed by atoms with E-state index in [1.54, 1.807) is 0 Å². The van der Waals surface area contributed by atoms with Gasteiger partial charge in [0, 0.05) is 53.8 Å². The standard InChI is InChI=1S/C50H59N7O8/c1-28-29(2)41(37-11-9-25-56(37)50(43(61)54-45(64)65)34-18-14-32(15-19-34)48(50,7)27-39(52)59)57(35-22-20-30(21-23-35)46(3,4)5)40(28)36-10-8-24-55(36)49(42(60)53-44(62)63)33-16-12-31(13-17-33)47(49,6)26-38(51)58/h12-23,36-37H,8-11,24-27H2,1-7H3,(H2,51,58)(H2,52,59)(H,53,60)(H,54,61)(H,62,63)(H,64,65)/t36?,37?,47?,48?,49-,50-/m1/s1. The van der Waals surface area contributed by atoms with Crippen LogP contribution in [0.4, 0.5) is 9.59 Å². The minimum atomic E-state index is -1.69. The minimum Gasteiger partial charge on any atom is -0.465 e. The van der Waals surface area contributed by atoms with Crippen molar-refractivity contribution in [2.75, 3.05) is 13.1 Å². The molecule has 4 unspecified atom stereocenters. The van der Waals surface area contributed by atoms with Crippen LogP contribution in [0.15, 0.2) is 72.8 Å². The van der Waals surface area contributed by atoms with Crippen LogP contribution in [-0.2, 0) is 46.5 Å². The molecule has 3 heterocycles. The van der Waals surface area contributed by atoms with Gasteiger partial charge in [-0.25, -0.2) is 9.59 Å². The Morgan fingerprint density at radius 1 is 0.615 bits per heavy atom. The Kier molecular flexibility index (Phi) is 10.9. The summed E-state index contributed by atoms with van der Waals surface area (Å²) < 4.78 is 2.22. The molecule has 1 aromatic heterocycles. The van der Waals surface area contributed by atoms with Crippen molar-refractivity contribution >= 4 is 35.8 Å². The SMILES string of the molecule is Cc1c(C)c(C2CCCN2[C@@]2(C(=O)NC(=O)O)c3ccc(cc3)C2(C)CC(N)=O)n(-c2ccc(C(C)(C)C)cc2)c1C1CCCN1[C@@]1(C(=O)NC(=O)O)c2ccc(cc2)C1(C)CC(N)=O. The lowest BCUT2D eigenvalue weighted by Gasteiger charge is -2.56. The van der Waals surface area contributed by atoms with Gasteiger partial charge in [-0.15, -0.1) is 0 Å². The van der Waals surface area contributed by atoms with Crippen molar-refractivity contribution in [3.05, 3.63) is 123 Å². The van der Waals surface area contributed by atoms with E-state index < -0.39 is 69.8 Å². The third-order valence-electron chi connectivity index (χ3n) is 15.4. The van der Waals surface area contributed by atoms with Crippen LogP contribution in [0.25, 0.3) is 5.69 Å². The number of nitrogens with two attached hydrogens (primary N) is 2. The van der Waals surface area contributed by atoms with Crippen LogP contribution in [0.3, 0.4) is 0 Å². The molecule has 15 heteroatoms. The van der Waals surface area contributed by atoms with Gasteiger partial charge >= 0.3 is 12.2 Å². The highest BCUT2D eigenvalue weighted by atomic mass is 16.4. The first-order valence-electron chi connectivity index (χ1n) is 22.3. The fraction of sp³-hybridized carbons (Fsp3) is 0.440. The summed E-state index contributed by atoms with van der Waals surface area (Å²) in [7, 11) is 0. The largest absolute Gasteiger partial charge is 0.465 e. The third kappa shape index (κ3) is 6.51. The number of rotatable bonds is 11. The Labute approximate surface area is 378 Å². The van der Waals surface area contributed by atoms with Crippen LogP contribution >= 0.6 is 0 Å².